The minimum absolute atomic E-state index is 0.0801. The molecule has 9 nitrogen and oxygen atoms in total. The smallest absolute Gasteiger partial charge is 0.247 e. The van der Waals surface area contributed by atoms with Gasteiger partial charge in [-0.1, -0.05) is 38.6 Å². The highest BCUT2D eigenvalue weighted by molar-refractivity contribution is 5.99. The van der Waals surface area contributed by atoms with Gasteiger partial charge < -0.3 is 16.0 Å². The van der Waals surface area contributed by atoms with Crippen LogP contribution in [-0.4, -0.2) is 27.7 Å². The van der Waals surface area contributed by atoms with E-state index in [2.05, 4.69) is 32.5 Å². The molecule has 9 heteroatoms. The van der Waals surface area contributed by atoms with Gasteiger partial charge in [-0.05, 0) is 48.4 Å². The van der Waals surface area contributed by atoms with Crippen molar-refractivity contribution in [1.82, 2.24) is 9.97 Å². The normalized spacial score (nSPS) is 10.3. The van der Waals surface area contributed by atoms with Crippen LogP contribution in [0.5, 0.6) is 0 Å². The highest BCUT2D eigenvalue weighted by Crippen LogP contribution is 2.25. The van der Waals surface area contributed by atoms with Crippen molar-refractivity contribution in [3.63, 3.8) is 0 Å². The molecule has 0 aliphatic rings. The molecule has 0 saturated carbocycles. The van der Waals surface area contributed by atoms with Gasteiger partial charge in [-0.3, -0.25) is 19.3 Å². The maximum atomic E-state index is 12.7. The largest absolute Gasteiger partial charge is 0.326 e. The highest BCUT2D eigenvalue weighted by Gasteiger charge is 2.19. The molecule has 3 aromatic rings. The Morgan fingerprint density at radius 2 is 1.69 bits per heavy atom. The van der Waals surface area contributed by atoms with E-state index in [0.717, 1.165) is 11.1 Å². The van der Waals surface area contributed by atoms with Crippen LogP contribution in [0.2, 0.25) is 0 Å². The van der Waals surface area contributed by atoms with E-state index in [4.69, 9.17) is 0 Å². The molecule has 0 unspecified atom stereocenters. The SMILES string of the molecule is C=CC(=O)Nc1cccc(Nc2ncc(CC)c(N(Cc3cccc(NC(=O)CC)c3)C(C)=O)n2)c1. The maximum absolute atomic E-state index is 12.7. The molecule has 3 N–H and O–H groups in total. The van der Waals surface area contributed by atoms with Gasteiger partial charge >= 0.3 is 0 Å². The first-order chi connectivity index (χ1) is 17.3. The Hall–Kier alpha value is -4.53. The summed E-state index contributed by atoms with van der Waals surface area (Å²) in [6, 6.07) is 14.5. The van der Waals surface area contributed by atoms with Gasteiger partial charge in [0.25, 0.3) is 0 Å². The zero-order valence-electron chi connectivity index (χ0n) is 20.7. The van der Waals surface area contributed by atoms with Gasteiger partial charge in [-0.25, -0.2) is 4.98 Å². The molecule has 3 rings (SSSR count). The molecule has 0 saturated heterocycles. The van der Waals surface area contributed by atoms with Crippen LogP contribution in [0.25, 0.3) is 0 Å². The second-order valence-corrected chi connectivity index (χ2v) is 8.00. The summed E-state index contributed by atoms with van der Waals surface area (Å²) in [5, 5.41) is 8.69. The van der Waals surface area contributed by atoms with E-state index in [1.165, 1.54) is 13.0 Å². The number of hydrogen-bond acceptors (Lipinski definition) is 6. The fraction of sp³-hybridized carbons (Fsp3) is 0.222. The topological polar surface area (TPSA) is 116 Å². The molecule has 1 aromatic heterocycles. The van der Waals surface area contributed by atoms with Crippen LogP contribution < -0.4 is 20.9 Å². The lowest BCUT2D eigenvalue weighted by atomic mass is 10.1. The number of rotatable bonds is 10. The number of benzene rings is 2. The van der Waals surface area contributed by atoms with E-state index in [1.807, 2.05) is 37.3 Å². The van der Waals surface area contributed by atoms with Crippen molar-refractivity contribution in [3.05, 3.63) is 78.5 Å². The molecule has 36 heavy (non-hydrogen) atoms. The number of aryl methyl sites for hydroxylation is 1. The highest BCUT2D eigenvalue weighted by atomic mass is 16.2. The van der Waals surface area contributed by atoms with Gasteiger partial charge in [-0.15, -0.1) is 0 Å². The lowest BCUT2D eigenvalue weighted by Crippen LogP contribution is -2.30. The van der Waals surface area contributed by atoms with Crippen LogP contribution in [0.3, 0.4) is 0 Å². The Bertz CT molecular complexity index is 1270. The first-order valence-corrected chi connectivity index (χ1v) is 11.7. The van der Waals surface area contributed by atoms with Crippen LogP contribution in [0.1, 0.15) is 38.3 Å². The molecule has 0 aliphatic heterocycles. The summed E-state index contributed by atoms with van der Waals surface area (Å²) in [5.41, 5.74) is 3.60. The van der Waals surface area contributed by atoms with Crippen LogP contribution in [0, 0.1) is 0 Å². The van der Waals surface area contributed by atoms with Gasteiger partial charge in [-0.2, -0.15) is 4.98 Å². The molecular weight excluding hydrogens is 456 g/mol. The summed E-state index contributed by atoms with van der Waals surface area (Å²) in [6.07, 6.45) is 3.91. The van der Waals surface area contributed by atoms with E-state index in [0.29, 0.717) is 41.7 Å². The van der Waals surface area contributed by atoms with Crippen LogP contribution >= 0.6 is 0 Å². The van der Waals surface area contributed by atoms with E-state index >= 15 is 0 Å². The van der Waals surface area contributed by atoms with E-state index in [1.54, 1.807) is 36.2 Å². The van der Waals surface area contributed by atoms with Gasteiger partial charge in [0.2, 0.25) is 23.7 Å². The van der Waals surface area contributed by atoms with E-state index in [-0.39, 0.29) is 24.3 Å². The number of nitrogens with one attached hydrogen (secondary N) is 3. The predicted octanol–water partition coefficient (Wildman–Crippen LogP) is 4.81. The standard InChI is InChI=1S/C27H30N6O3/c1-5-20-16-28-27(31-23-13-9-12-22(15-23)30-25(36)7-3)32-26(20)33(18(4)34)17-19-10-8-11-21(14-19)29-24(35)6-2/h7-16H,3,5-6,17H2,1-2,4H3,(H,29,35)(H,30,36)(H,28,31,32). The molecule has 0 atom stereocenters. The van der Waals surface area contributed by atoms with Crippen molar-refractivity contribution in [2.45, 2.75) is 40.2 Å². The second-order valence-electron chi connectivity index (χ2n) is 8.00. The maximum Gasteiger partial charge on any atom is 0.247 e. The average Bonchev–Trinajstić information content (AvgIpc) is 2.87. The van der Waals surface area contributed by atoms with Crippen molar-refractivity contribution in [2.75, 3.05) is 20.9 Å². The number of carbonyl (C=O) groups excluding carboxylic acids is 3. The zero-order chi connectivity index (χ0) is 26.1. The van der Waals surface area contributed by atoms with Crippen LogP contribution in [-0.2, 0) is 27.3 Å². The number of carbonyl (C=O) groups is 3. The summed E-state index contributed by atoms with van der Waals surface area (Å²) in [5.74, 6) is 0.245. The van der Waals surface area contributed by atoms with Gasteiger partial charge in [0.15, 0.2) is 0 Å². The van der Waals surface area contributed by atoms with Crippen molar-refractivity contribution >= 4 is 46.5 Å². The molecule has 1 heterocycles. The molecule has 0 aliphatic carbocycles. The van der Waals surface area contributed by atoms with Crippen molar-refractivity contribution in [1.29, 1.82) is 0 Å². The summed E-state index contributed by atoms with van der Waals surface area (Å²) in [7, 11) is 0. The summed E-state index contributed by atoms with van der Waals surface area (Å²) in [6.45, 7) is 8.98. The summed E-state index contributed by atoms with van der Waals surface area (Å²) in [4.78, 5) is 46.7. The Kier molecular flexibility index (Phi) is 8.88. The van der Waals surface area contributed by atoms with Crippen molar-refractivity contribution in [2.24, 2.45) is 0 Å². The first-order valence-electron chi connectivity index (χ1n) is 11.7. The number of nitrogens with zero attached hydrogens (tertiary/aromatic N) is 3. The zero-order valence-corrected chi connectivity index (χ0v) is 20.7. The third-order valence-electron chi connectivity index (χ3n) is 5.30. The summed E-state index contributed by atoms with van der Waals surface area (Å²) >= 11 is 0. The molecule has 3 amide bonds. The van der Waals surface area contributed by atoms with Gasteiger partial charge in [0.05, 0.1) is 6.54 Å². The molecule has 0 bridgehead atoms. The Morgan fingerprint density at radius 1 is 1.00 bits per heavy atom. The van der Waals surface area contributed by atoms with Crippen molar-refractivity contribution < 1.29 is 14.4 Å². The van der Waals surface area contributed by atoms with Crippen molar-refractivity contribution in [3.8, 4) is 0 Å². The van der Waals surface area contributed by atoms with Gasteiger partial charge in [0.1, 0.15) is 5.82 Å². The van der Waals surface area contributed by atoms with E-state index < -0.39 is 0 Å². The molecule has 2 aromatic carbocycles. The Balaban J connectivity index is 1.88. The predicted molar refractivity (Wildman–Crippen MR) is 142 cm³/mol. The minimum Gasteiger partial charge on any atom is -0.326 e. The lowest BCUT2D eigenvalue weighted by Gasteiger charge is -2.23. The quantitative estimate of drug-likeness (QED) is 0.354. The fourth-order valence-corrected chi connectivity index (χ4v) is 3.45. The van der Waals surface area contributed by atoms with E-state index in [9.17, 15) is 14.4 Å². The Labute approximate surface area is 210 Å². The number of anilines is 5. The third-order valence-corrected chi connectivity index (χ3v) is 5.30. The molecular formula is C27H30N6O3. The Morgan fingerprint density at radius 3 is 2.36 bits per heavy atom. The number of amides is 3. The summed E-state index contributed by atoms with van der Waals surface area (Å²) < 4.78 is 0. The minimum atomic E-state index is -0.312. The molecule has 0 spiro atoms. The molecule has 0 fully saturated rings. The van der Waals surface area contributed by atoms with Gasteiger partial charge in [0, 0.05) is 42.2 Å². The first kappa shape index (κ1) is 26.1. The second kappa shape index (κ2) is 12.3. The third kappa shape index (κ3) is 6.99. The van der Waals surface area contributed by atoms with Crippen LogP contribution in [0.4, 0.5) is 28.8 Å². The monoisotopic (exact) mass is 486 g/mol. The lowest BCUT2D eigenvalue weighted by molar-refractivity contribution is -0.117. The number of hydrogen-bond donors (Lipinski definition) is 3. The average molecular weight is 487 g/mol. The van der Waals surface area contributed by atoms with Crippen LogP contribution in [0.15, 0.2) is 67.4 Å². The molecule has 0 radical (unpaired) electrons. The molecule has 186 valence electrons. The number of aromatic nitrogens is 2. The fourth-order valence-electron chi connectivity index (χ4n) is 3.45.